The van der Waals surface area contributed by atoms with Gasteiger partial charge in [-0.05, 0) is 55.7 Å². The minimum atomic E-state index is -0.655. The second kappa shape index (κ2) is 9.16. The van der Waals surface area contributed by atoms with Crippen LogP contribution in [0.15, 0.2) is 48.8 Å². The maximum atomic E-state index is 11.9. The number of nitriles is 1. The maximum absolute atomic E-state index is 11.9. The van der Waals surface area contributed by atoms with E-state index in [0.717, 1.165) is 46.5 Å². The summed E-state index contributed by atoms with van der Waals surface area (Å²) in [5, 5.41) is 12.7. The molecular formula is C23H25N5O. The van der Waals surface area contributed by atoms with Crippen molar-refractivity contribution in [2.45, 2.75) is 27.3 Å². The molecule has 6 nitrogen and oxygen atoms in total. The SMILES string of the molecule is CCN(CC)c1ncnc2ccc(-c3cccc(CNC(=O)C(C)C#N)c3)cc12. The van der Waals surface area contributed by atoms with Crippen LogP contribution < -0.4 is 10.2 Å². The Morgan fingerprint density at radius 1 is 1.14 bits per heavy atom. The molecule has 1 heterocycles. The maximum Gasteiger partial charge on any atom is 0.237 e. The Balaban J connectivity index is 1.92. The predicted octanol–water partition coefficient (Wildman–Crippen LogP) is 3.92. The van der Waals surface area contributed by atoms with Crippen LogP contribution in [0, 0.1) is 17.2 Å². The average molecular weight is 387 g/mol. The molecule has 0 fully saturated rings. The molecular weight excluding hydrogens is 362 g/mol. The molecule has 1 amide bonds. The van der Waals surface area contributed by atoms with E-state index in [2.05, 4.69) is 52.2 Å². The number of anilines is 1. The summed E-state index contributed by atoms with van der Waals surface area (Å²) in [6.45, 7) is 7.97. The summed E-state index contributed by atoms with van der Waals surface area (Å²) in [7, 11) is 0. The van der Waals surface area contributed by atoms with E-state index >= 15 is 0 Å². The highest BCUT2D eigenvalue weighted by molar-refractivity contribution is 5.93. The van der Waals surface area contributed by atoms with Crippen molar-refractivity contribution < 1.29 is 4.79 Å². The second-order valence-electron chi connectivity index (χ2n) is 6.87. The lowest BCUT2D eigenvalue weighted by atomic mass is 10.0. The Morgan fingerprint density at radius 3 is 2.62 bits per heavy atom. The molecule has 0 saturated carbocycles. The highest BCUT2D eigenvalue weighted by atomic mass is 16.1. The molecule has 0 aliphatic carbocycles. The van der Waals surface area contributed by atoms with Crippen LogP contribution in [0.2, 0.25) is 0 Å². The summed E-state index contributed by atoms with van der Waals surface area (Å²) in [6.07, 6.45) is 1.61. The number of hydrogen-bond donors (Lipinski definition) is 1. The van der Waals surface area contributed by atoms with Gasteiger partial charge in [-0.25, -0.2) is 9.97 Å². The zero-order valence-electron chi connectivity index (χ0n) is 17.0. The molecule has 3 aromatic rings. The molecule has 0 radical (unpaired) electrons. The molecule has 1 N–H and O–H groups in total. The van der Waals surface area contributed by atoms with Crippen LogP contribution in [0.4, 0.5) is 5.82 Å². The van der Waals surface area contributed by atoms with Crippen LogP contribution in [0.3, 0.4) is 0 Å². The summed E-state index contributed by atoms with van der Waals surface area (Å²) in [6, 6.07) is 16.2. The van der Waals surface area contributed by atoms with Crippen LogP contribution >= 0.6 is 0 Å². The first-order chi connectivity index (χ1) is 14.1. The first-order valence-electron chi connectivity index (χ1n) is 9.83. The molecule has 0 bridgehead atoms. The molecule has 0 aliphatic heterocycles. The lowest BCUT2D eigenvalue weighted by Crippen LogP contribution is -2.27. The van der Waals surface area contributed by atoms with E-state index < -0.39 is 5.92 Å². The van der Waals surface area contributed by atoms with E-state index in [0.29, 0.717) is 6.54 Å². The predicted molar refractivity (Wildman–Crippen MR) is 115 cm³/mol. The van der Waals surface area contributed by atoms with Crippen molar-refractivity contribution in [3.8, 4) is 17.2 Å². The highest BCUT2D eigenvalue weighted by Crippen LogP contribution is 2.29. The molecule has 1 atom stereocenters. The third-order valence-electron chi connectivity index (χ3n) is 4.99. The van der Waals surface area contributed by atoms with Gasteiger partial charge in [-0.1, -0.05) is 24.3 Å². The molecule has 0 spiro atoms. The third kappa shape index (κ3) is 4.52. The fraction of sp³-hybridized carbons (Fsp3) is 0.304. The lowest BCUT2D eigenvalue weighted by Gasteiger charge is -2.21. The molecule has 1 aromatic heterocycles. The van der Waals surface area contributed by atoms with Gasteiger partial charge in [0.15, 0.2) is 0 Å². The Hall–Kier alpha value is -3.46. The zero-order chi connectivity index (χ0) is 20.8. The van der Waals surface area contributed by atoms with E-state index in [-0.39, 0.29) is 5.91 Å². The fourth-order valence-electron chi connectivity index (χ4n) is 3.26. The van der Waals surface area contributed by atoms with Crippen molar-refractivity contribution in [2.24, 2.45) is 5.92 Å². The number of rotatable bonds is 7. The van der Waals surface area contributed by atoms with Crippen molar-refractivity contribution in [3.05, 3.63) is 54.4 Å². The van der Waals surface area contributed by atoms with Crippen LogP contribution in [0.1, 0.15) is 26.3 Å². The van der Waals surface area contributed by atoms with Crippen LogP contribution in [0.5, 0.6) is 0 Å². The standard InChI is InChI=1S/C23H25N5O/c1-4-28(5-2)22-20-12-19(9-10-21(20)26-15-27-22)18-8-6-7-17(11-18)14-25-23(29)16(3)13-24/h6-12,15-16H,4-5,14H2,1-3H3,(H,25,29). The van der Waals surface area contributed by atoms with Gasteiger partial charge in [0.25, 0.3) is 0 Å². The molecule has 6 heteroatoms. The number of nitrogens with zero attached hydrogens (tertiary/aromatic N) is 4. The van der Waals surface area contributed by atoms with Gasteiger partial charge in [-0.3, -0.25) is 4.79 Å². The molecule has 1 unspecified atom stereocenters. The Labute approximate surface area is 171 Å². The molecule has 29 heavy (non-hydrogen) atoms. The van der Waals surface area contributed by atoms with E-state index in [1.807, 2.05) is 30.3 Å². The van der Waals surface area contributed by atoms with Gasteiger partial charge in [0.05, 0.1) is 11.6 Å². The average Bonchev–Trinajstić information content (AvgIpc) is 2.77. The Morgan fingerprint density at radius 2 is 1.90 bits per heavy atom. The van der Waals surface area contributed by atoms with Crippen LogP contribution in [-0.2, 0) is 11.3 Å². The number of benzene rings is 2. The number of amides is 1. The van der Waals surface area contributed by atoms with E-state index in [9.17, 15) is 4.79 Å². The lowest BCUT2D eigenvalue weighted by molar-refractivity contribution is -0.123. The minimum absolute atomic E-state index is 0.260. The van der Waals surface area contributed by atoms with Gasteiger partial charge in [-0.2, -0.15) is 5.26 Å². The van der Waals surface area contributed by atoms with Crippen molar-refractivity contribution in [1.29, 1.82) is 5.26 Å². The smallest absolute Gasteiger partial charge is 0.237 e. The van der Waals surface area contributed by atoms with Crippen molar-refractivity contribution in [3.63, 3.8) is 0 Å². The first-order valence-corrected chi connectivity index (χ1v) is 9.83. The number of carbonyl (C=O) groups is 1. The first kappa shape index (κ1) is 20.3. The third-order valence-corrected chi connectivity index (χ3v) is 4.99. The monoisotopic (exact) mass is 387 g/mol. The van der Waals surface area contributed by atoms with Gasteiger partial charge in [-0.15, -0.1) is 0 Å². The fourth-order valence-corrected chi connectivity index (χ4v) is 3.26. The number of carbonyl (C=O) groups excluding carboxylic acids is 1. The molecule has 2 aromatic carbocycles. The molecule has 0 aliphatic rings. The summed E-state index contributed by atoms with van der Waals surface area (Å²) < 4.78 is 0. The highest BCUT2D eigenvalue weighted by Gasteiger charge is 2.12. The summed E-state index contributed by atoms with van der Waals surface area (Å²) >= 11 is 0. The summed E-state index contributed by atoms with van der Waals surface area (Å²) in [5.74, 6) is 0.0255. The molecule has 3 rings (SSSR count). The van der Waals surface area contributed by atoms with E-state index in [1.54, 1.807) is 13.3 Å². The summed E-state index contributed by atoms with van der Waals surface area (Å²) in [5.41, 5.74) is 4.02. The van der Waals surface area contributed by atoms with Crippen molar-refractivity contribution in [2.75, 3.05) is 18.0 Å². The zero-order valence-corrected chi connectivity index (χ0v) is 17.0. The van der Waals surface area contributed by atoms with Crippen LogP contribution in [-0.4, -0.2) is 29.0 Å². The van der Waals surface area contributed by atoms with Gasteiger partial charge < -0.3 is 10.2 Å². The minimum Gasteiger partial charge on any atom is -0.357 e. The van der Waals surface area contributed by atoms with Crippen molar-refractivity contribution >= 4 is 22.6 Å². The second-order valence-corrected chi connectivity index (χ2v) is 6.87. The van der Waals surface area contributed by atoms with Crippen LogP contribution in [0.25, 0.3) is 22.0 Å². The number of hydrogen-bond acceptors (Lipinski definition) is 5. The summed E-state index contributed by atoms with van der Waals surface area (Å²) in [4.78, 5) is 23.0. The number of aromatic nitrogens is 2. The van der Waals surface area contributed by atoms with Gasteiger partial charge >= 0.3 is 0 Å². The normalized spacial score (nSPS) is 11.7. The number of nitrogens with one attached hydrogen (secondary N) is 1. The molecule has 148 valence electrons. The van der Waals surface area contributed by atoms with Gasteiger partial charge in [0.2, 0.25) is 5.91 Å². The topological polar surface area (TPSA) is 81.9 Å². The van der Waals surface area contributed by atoms with E-state index in [1.165, 1.54) is 0 Å². The Bertz CT molecular complexity index is 1050. The molecule has 0 saturated heterocycles. The van der Waals surface area contributed by atoms with E-state index in [4.69, 9.17) is 5.26 Å². The van der Waals surface area contributed by atoms with Gasteiger partial charge in [0, 0.05) is 25.0 Å². The van der Waals surface area contributed by atoms with Gasteiger partial charge in [0.1, 0.15) is 18.1 Å². The number of fused-ring (bicyclic) bond motifs is 1. The van der Waals surface area contributed by atoms with Crippen molar-refractivity contribution in [1.82, 2.24) is 15.3 Å². The largest absolute Gasteiger partial charge is 0.357 e. The quantitative estimate of drug-likeness (QED) is 0.664. The Kier molecular flexibility index (Phi) is 6.40.